The molecule has 0 aliphatic heterocycles. The van der Waals surface area contributed by atoms with Gasteiger partial charge in [-0.3, -0.25) is 4.79 Å². The van der Waals surface area contributed by atoms with E-state index < -0.39 is 6.10 Å². The van der Waals surface area contributed by atoms with Crippen LogP contribution in [0.3, 0.4) is 0 Å². The molecule has 0 fully saturated rings. The van der Waals surface area contributed by atoms with Gasteiger partial charge in [0.25, 0.3) is 5.91 Å². The largest absolute Gasteiger partial charge is 0.369 e. The number of imidazole rings is 1. The van der Waals surface area contributed by atoms with Crippen LogP contribution in [0.15, 0.2) is 12.7 Å². The fourth-order valence-corrected chi connectivity index (χ4v) is 1.40. The number of aromatic amines is 1. The second-order valence-electron chi connectivity index (χ2n) is 3.41. The highest BCUT2D eigenvalue weighted by molar-refractivity contribution is 5.98. The van der Waals surface area contributed by atoms with Gasteiger partial charge >= 0.3 is 0 Å². The predicted molar refractivity (Wildman–Crippen MR) is 61.4 cm³/mol. The minimum Gasteiger partial charge on any atom is -0.369 e. The van der Waals surface area contributed by atoms with Crippen LogP contribution in [0.25, 0.3) is 11.2 Å². The fraction of sp³-hybridized carbons (Fsp3) is 0.400. The monoisotopic (exact) mass is 235 g/mol. The van der Waals surface area contributed by atoms with Gasteiger partial charge < -0.3 is 15.0 Å². The van der Waals surface area contributed by atoms with E-state index in [2.05, 4.69) is 25.3 Å². The zero-order valence-electron chi connectivity index (χ0n) is 9.60. The van der Waals surface area contributed by atoms with Crippen LogP contribution in [0, 0.1) is 0 Å². The van der Waals surface area contributed by atoms with Gasteiger partial charge in [-0.25, -0.2) is 15.0 Å². The lowest BCUT2D eigenvalue weighted by Crippen LogP contribution is -2.28. The van der Waals surface area contributed by atoms with E-state index in [0.29, 0.717) is 23.6 Å². The molecule has 0 radical (unpaired) electrons. The fourth-order valence-electron chi connectivity index (χ4n) is 1.40. The van der Waals surface area contributed by atoms with Gasteiger partial charge in [-0.15, -0.1) is 0 Å². The highest BCUT2D eigenvalue weighted by Crippen LogP contribution is 2.14. The molecule has 2 aromatic rings. The number of rotatable bonds is 4. The van der Waals surface area contributed by atoms with Crippen molar-refractivity contribution >= 4 is 22.9 Å². The lowest BCUT2D eigenvalue weighted by atomic mass is 10.3. The Hall–Kier alpha value is -2.02. The first-order chi connectivity index (χ1) is 8.22. The first-order valence-electron chi connectivity index (χ1n) is 5.29. The summed E-state index contributed by atoms with van der Waals surface area (Å²) in [5, 5.41) is 2.67. The van der Waals surface area contributed by atoms with Crippen molar-refractivity contribution in [2.24, 2.45) is 0 Å². The highest BCUT2D eigenvalue weighted by Gasteiger charge is 2.15. The molecule has 1 amide bonds. The number of nitrogens with zero attached hydrogens (tertiary/aromatic N) is 3. The zero-order chi connectivity index (χ0) is 12.3. The SMILES string of the molecule is CCO[C@@H](C)C(=O)Nc1ncnc2nc[nH]c12. The Bertz CT molecular complexity index is 524. The molecule has 1 atom stereocenters. The number of anilines is 1. The summed E-state index contributed by atoms with van der Waals surface area (Å²) in [7, 11) is 0. The number of hydrogen-bond donors (Lipinski definition) is 2. The number of ether oxygens (including phenoxy) is 1. The van der Waals surface area contributed by atoms with Crippen LogP contribution in [0.4, 0.5) is 5.82 Å². The number of hydrogen-bond acceptors (Lipinski definition) is 5. The van der Waals surface area contributed by atoms with E-state index >= 15 is 0 Å². The summed E-state index contributed by atoms with van der Waals surface area (Å²) in [5.74, 6) is 0.158. The zero-order valence-corrected chi connectivity index (χ0v) is 9.60. The van der Waals surface area contributed by atoms with Crippen LogP contribution < -0.4 is 5.32 Å². The van der Waals surface area contributed by atoms with Crippen molar-refractivity contribution < 1.29 is 9.53 Å². The van der Waals surface area contributed by atoms with Crippen molar-refractivity contribution in [3.63, 3.8) is 0 Å². The van der Waals surface area contributed by atoms with Gasteiger partial charge in [0.2, 0.25) is 0 Å². The van der Waals surface area contributed by atoms with Gasteiger partial charge in [-0.05, 0) is 13.8 Å². The number of carbonyl (C=O) groups is 1. The third-order valence-corrected chi connectivity index (χ3v) is 2.25. The molecule has 0 spiro atoms. The van der Waals surface area contributed by atoms with E-state index in [1.54, 1.807) is 6.92 Å². The Morgan fingerprint density at radius 2 is 2.35 bits per heavy atom. The Labute approximate surface area is 97.6 Å². The van der Waals surface area contributed by atoms with Gasteiger partial charge in [0, 0.05) is 6.61 Å². The maximum Gasteiger partial charge on any atom is 0.254 e. The summed E-state index contributed by atoms with van der Waals surface area (Å²) in [6.45, 7) is 4.00. The van der Waals surface area contributed by atoms with E-state index in [1.807, 2.05) is 6.92 Å². The Kier molecular flexibility index (Phi) is 3.29. The van der Waals surface area contributed by atoms with Crippen LogP contribution >= 0.6 is 0 Å². The molecule has 2 rings (SSSR count). The molecule has 0 unspecified atom stereocenters. The topological polar surface area (TPSA) is 92.8 Å². The van der Waals surface area contributed by atoms with Crippen molar-refractivity contribution in [1.29, 1.82) is 0 Å². The van der Waals surface area contributed by atoms with Crippen molar-refractivity contribution in [2.45, 2.75) is 20.0 Å². The van der Waals surface area contributed by atoms with Gasteiger partial charge in [0.05, 0.1) is 6.33 Å². The maximum absolute atomic E-state index is 11.7. The Balaban J connectivity index is 2.18. The molecule has 2 heterocycles. The number of carbonyl (C=O) groups excluding carboxylic acids is 1. The van der Waals surface area contributed by atoms with Crippen LogP contribution in [0.1, 0.15) is 13.8 Å². The molecule has 2 N–H and O–H groups in total. The van der Waals surface area contributed by atoms with E-state index in [0.717, 1.165) is 0 Å². The molecule has 0 aliphatic rings. The molecule has 0 saturated carbocycles. The number of aromatic nitrogens is 4. The third-order valence-electron chi connectivity index (χ3n) is 2.25. The summed E-state index contributed by atoms with van der Waals surface area (Å²) < 4.78 is 5.19. The molecule has 0 aromatic carbocycles. The number of amides is 1. The molecule has 0 saturated heterocycles. The summed E-state index contributed by atoms with van der Waals surface area (Å²) >= 11 is 0. The third kappa shape index (κ3) is 2.39. The number of fused-ring (bicyclic) bond motifs is 1. The van der Waals surface area contributed by atoms with Crippen LogP contribution in [0.5, 0.6) is 0 Å². The van der Waals surface area contributed by atoms with Crippen LogP contribution in [-0.4, -0.2) is 38.6 Å². The smallest absolute Gasteiger partial charge is 0.254 e. The second kappa shape index (κ2) is 4.88. The Morgan fingerprint density at radius 3 is 3.12 bits per heavy atom. The van der Waals surface area contributed by atoms with Crippen LogP contribution in [-0.2, 0) is 9.53 Å². The number of nitrogens with one attached hydrogen (secondary N) is 2. The summed E-state index contributed by atoms with van der Waals surface area (Å²) in [6.07, 6.45) is 2.33. The van der Waals surface area contributed by atoms with Gasteiger partial charge in [-0.2, -0.15) is 0 Å². The molecule has 90 valence electrons. The quantitative estimate of drug-likeness (QED) is 0.814. The van der Waals surface area contributed by atoms with Crippen molar-refractivity contribution in [1.82, 2.24) is 19.9 Å². The van der Waals surface area contributed by atoms with Crippen molar-refractivity contribution in [3.8, 4) is 0 Å². The van der Waals surface area contributed by atoms with Gasteiger partial charge in [0.1, 0.15) is 17.9 Å². The normalized spacial score (nSPS) is 12.6. The summed E-state index contributed by atoms with van der Waals surface area (Å²) in [5.41, 5.74) is 1.11. The van der Waals surface area contributed by atoms with E-state index in [4.69, 9.17) is 4.74 Å². The lowest BCUT2D eigenvalue weighted by molar-refractivity contribution is -0.126. The summed E-state index contributed by atoms with van der Waals surface area (Å²) in [6, 6.07) is 0. The molecule has 7 heteroatoms. The molecule has 0 aliphatic carbocycles. The maximum atomic E-state index is 11.7. The van der Waals surface area contributed by atoms with E-state index in [1.165, 1.54) is 12.7 Å². The molecule has 0 bridgehead atoms. The molecular formula is C10H13N5O2. The summed E-state index contributed by atoms with van der Waals surface area (Å²) in [4.78, 5) is 26.5. The Morgan fingerprint density at radius 1 is 1.53 bits per heavy atom. The number of H-pyrrole nitrogens is 1. The molecule has 17 heavy (non-hydrogen) atoms. The standard InChI is InChI=1S/C10H13N5O2/c1-3-17-6(2)10(16)15-9-7-8(12-4-11-7)13-5-14-9/h4-6H,3H2,1-2H3,(H2,11,12,13,14,15,16)/t6-/m0/s1. The van der Waals surface area contributed by atoms with Crippen LogP contribution in [0.2, 0.25) is 0 Å². The van der Waals surface area contributed by atoms with Crippen molar-refractivity contribution in [2.75, 3.05) is 11.9 Å². The minimum atomic E-state index is -0.520. The van der Waals surface area contributed by atoms with Gasteiger partial charge in [0.15, 0.2) is 11.5 Å². The van der Waals surface area contributed by atoms with E-state index in [-0.39, 0.29) is 5.91 Å². The average Bonchev–Trinajstić information content (AvgIpc) is 2.78. The first-order valence-corrected chi connectivity index (χ1v) is 5.29. The van der Waals surface area contributed by atoms with Crippen molar-refractivity contribution in [3.05, 3.63) is 12.7 Å². The average molecular weight is 235 g/mol. The second-order valence-corrected chi connectivity index (χ2v) is 3.41. The molecular weight excluding hydrogens is 222 g/mol. The van der Waals surface area contributed by atoms with E-state index in [9.17, 15) is 4.79 Å². The highest BCUT2D eigenvalue weighted by atomic mass is 16.5. The lowest BCUT2D eigenvalue weighted by Gasteiger charge is -2.11. The predicted octanol–water partition coefficient (Wildman–Crippen LogP) is 0.716. The minimum absolute atomic E-state index is 0.249. The molecule has 2 aromatic heterocycles. The first kappa shape index (κ1) is 11.5. The van der Waals surface area contributed by atoms with Gasteiger partial charge in [-0.1, -0.05) is 0 Å². The molecule has 7 nitrogen and oxygen atoms in total.